The van der Waals surface area contributed by atoms with E-state index in [1.165, 1.54) is 7.11 Å². The Hall–Kier alpha value is -1.89. The van der Waals surface area contributed by atoms with E-state index in [1.807, 2.05) is 6.07 Å². The predicted molar refractivity (Wildman–Crippen MR) is 93.0 cm³/mol. The van der Waals surface area contributed by atoms with Gasteiger partial charge < -0.3 is 4.74 Å². The van der Waals surface area contributed by atoms with Gasteiger partial charge in [-0.2, -0.15) is 0 Å². The minimum Gasteiger partial charge on any atom is -0.469 e. The lowest BCUT2D eigenvalue weighted by Crippen LogP contribution is -2.31. The highest BCUT2D eigenvalue weighted by molar-refractivity contribution is 7.88. The fraction of sp³-hybridized carbons (Fsp3) is 0.235. The molecule has 1 N–H and O–H groups in total. The molecule has 7 heteroatoms. The standard InChI is InChI=1S/C17H18ClNO4S/c1-23-17(20)11-16(14-9-5-6-10-15(14)18)19-24(21,22)12-13-7-3-2-4-8-13/h2-10,16,19H,11-12H2,1H3. The molecule has 0 amide bonds. The predicted octanol–water partition coefficient (Wildman–Crippen LogP) is 3.06. The van der Waals surface area contributed by atoms with E-state index in [0.717, 1.165) is 0 Å². The van der Waals surface area contributed by atoms with Crippen LogP contribution in [0.2, 0.25) is 5.02 Å². The molecule has 2 aromatic rings. The van der Waals surface area contributed by atoms with Crippen molar-refractivity contribution in [1.29, 1.82) is 0 Å². The Kier molecular flexibility index (Phi) is 6.36. The Morgan fingerprint density at radius 1 is 1.12 bits per heavy atom. The molecule has 1 atom stereocenters. The minimum absolute atomic E-state index is 0.145. The van der Waals surface area contributed by atoms with Crippen LogP contribution in [0.25, 0.3) is 0 Å². The normalized spacial score (nSPS) is 12.6. The van der Waals surface area contributed by atoms with Crippen molar-refractivity contribution in [3.63, 3.8) is 0 Å². The van der Waals surface area contributed by atoms with Gasteiger partial charge in [0.25, 0.3) is 0 Å². The maximum atomic E-state index is 12.5. The number of sulfonamides is 1. The summed E-state index contributed by atoms with van der Waals surface area (Å²) in [7, 11) is -2.41. The fourth-order valence-corrected chi connectivity index (χ4v) is 3.90. The fourth-order valence-electron chi connectivity index (χ4n) is 2.27. The van der Waals surface area contributed by atoms with Gasteiger partial charge in [-0.25, -0.2) is 13.1 Å². The summed E-state index contributed by atoms with van der Waals surface area (Å²) in [5.74, 6) is -0.710. The van der Waals surface area contributed by atoms with E-state index in [2.05, 4.69) is 9.46 Å². The van der Waals surface area contributed by atoms with Gasteiger partial charge in [0, 0.05) is 5.02 Å². The van der Waals surface area contributed by atoms with Gasteiger partial charge in [0.15, 0.2) is 0 Å². The molecule has 0 saturated heterocycles. The van der Waals surface area contributed by atoms with Crippen molar-refractivity contribution < 1.29 is 17.9 Å². The first-order chi connectivity index (χ1) is 11.4. The van der Waals surface area contributed by atoms with E-state index >= 15 is 0 Å². The number of rotatable bonds is 7. The topological polar surface area (TPSA) is 72.5 Å². The zero-order chi connectivity index (χ0) is 17.6. The third kappa shape index (κ3) is 5.33. The van der Waals surface area contributed by atoms with Crippen molar-refractivity contribution in [3.8, 4) is 0 Å². The Bertz CT molecular complexity index is 793. The number of halogens is 1. The van der Waals surface area contributed by atoms with E-state index < -0.39 is 22.0 Å². The van der Waals surface area contributed by atoms with Gasteiger partial charge in [-0.3, -0.25) is 4.79 Å². The summed E-state index contributed by atoms with van der Waals surface area (Å²) in [5.41, 5.74) is 1.18. The second-order valence-corrected chi connectivity index (χ2v) is 7.38. The van der Waals surface area contributed by atoms with Crippen LogP contribution in [0.4, 0.5) is 0 Å². The highest BCUT2D eigenvalue weighted by Gasteiger charge is 2.24. The first-order valence-corrected chi connectivity index (χ1v) is 9.29. The molecule has 0 spiro atoms. The number of methoxy groups -OCH3 is 1. The summed E-state index contributed by atoms with van der Waals surface area (Å²) in [6.45, 7) is 0. The summed E-state index contributed by atoms with van der Waals surface area (Å²) in [5, 5.41) is 0.383. The number of ether oxygens (including phenoxy) is 1. The zero-order valence-corrected chi connectivity index (χ0v) is 14.7. The Morgan fingerprint density at radius 3 is 2.38 bits per heavy atom. The first kappa shape index (κ1) is 18.4. The lowest BCUT2D eigenvalue weighted by atomic mass is 10.1. The van der Waals surface area contributed by atoms with Crippen LogP contribution in [0.15, 0.2) is 54.6 Å². The largest absolute Gasteiger partial charge is 0.469 e. The van der Waals surface area contributed by atoms with Crippen LogP contribution in [0.3, 0.4) is 0 Å². The third-order valence-electron chi connectivity index (χ3n) is 3.40. The number of benzene rings is 2. The molecular formula is C17H18ClNO4S. The summed E-state index contributed by atoms with van der Waals surface area (Å²) in [6, 6.07) is 14.8. The molecular weight excluding hydrogens is 350 g/mol. The van der Waals surface area contributed by atoms with Gasteiger partial charge in [0.2, 0.25) is 10.0 Å². The molecule has 0 saturated carbocycles. The molecule has 5 nitrogen and oxygen atoms in total. The number of hydrogen-bond acceptors (Lipinski definition) is 4. The number of esters is 1. The number of nitrogens with one attached hydrogen (secondary N) is 1. The van der Waals surface area contributed by atoms with Crippen LogP contribution in [0.1, 0.15) is 23.6 Å². The molecule has 128 valence electrons. The smallest absolute Gasteiger partial charge is 0.307 e. The number of hydrogen-bond donors (Lipinski definition) is 1. The van der Waals surface area contributed by atoms with E-state index in [-0.39, 0.29) is 12.2 Å². The molecule has 2 rings (SSSR count). The van der Waals surface area contributed by atoms with Crippen molar-refractivity contribution in [2.24, 2.45) is 0 Å². The highest BCUT2D eigenvalue weighted by atomic mass is 35.5. The van der Waals surface area contributed by atoms with Crippen molar-refractivity contribution >= 4 is 27.6 Å². The number of carbonyl (C=O) groups is 1. The molecule has 0 aromatic heterocycles. The lowest BCUT2D eigenvalue weighted by Gasteiger charge is -2.19. The average Bonchev–Trinajstić information content (AvgIpc) is 2.54. The van der Waals surface area contributed by atoms with Crippen LogP contribution in [0, 0.1) is 0 Å². The monoisotopic (exact) mass is 367 g/mol. The molecule has 0 heterocycles. The molecule has 0 bridgehead atoms. The lowest BCUT2D eigenvalue weighted by molar-refractivity contribution is -0.141. The van der Waals surface area contributed by atoms with Crippen molar-refractivity contribution in [1.82, 2.24) is 4.72 Å². The molecule has 0 aliphatic heterocycles. The van der Waals surface area contributed by atoms with Gasteiger partial charge in [0.05, 0.1) is 25.3 Å². The van der Waals surface area contributed by atoms with Crippen molar-refractivity contribution in [2.75, 3.05) is 7.11 Å². The quantitative estimate of drug-likeness (QED) is 0.763. The zero-order valence-electron chi connectivity index (χ0n) is 13.1. The SMILES string of the molecule is COC(=O)CC(NS(=O)(=O)Cc1ccccc1)c1ccccc1Cl. The third-order valence-corrected chi connectivity index (χ3v) is 5.10. The molecule has 2 aromatic carbocycles. The Morgan fingerprint density at radius 2 is 1.75 bits per heavy atom. The summed E-state index contributed by atoms with van der Waals surface area (Å²) >= 11 is 6.15. The summed E-state index contributed by atoms with van der Waals surface area (Å²) < 4.78 is 32.1. The Balaban J connectivity index is 2.24. The van der Waals surface area contributed by atoms with E-state index in [9.17, 15) is 13.2 Å². The molecule has 0 fully saturated rings. The molecule has 24 heavy (non-hydrogen) atoms. The number of carbonyl (C=O) groups excluding carboxylic acids is 1. The first-order valence-electron chi connectivity index (χ1n) is 7.26. The van der Waals surface area contributed by atoms with Crippen molar-refractivity contribution in [3.05, 3.63) is 70.7 Å². The van der Waals surface area contributed by atoms with Crippen LogP contribution < -0.4 is 4.72 Å². The summed E-state index contributed by atoms with van der Waals surface area (Å²) in [4.78, 5) is 11.7. The van der Waals surface area contributed by atoms with Crippen LogP contribution in [0.5, 0.6) is 0 Å². The maximum absolute atomic E-state index is 12.5. The molecule has 1 unspecified atom stereocenters. The van der Waals surface area contributed by atoms with Crippen LogP contribution in [-0.4, -0.2) is 21.5 Å². The minimum atomic E-state index is -3.67. The van der Waals surface area contributed by atoms with Gasteiger partial charge >= 0.3 is 5.97 Å². The Labute approximate surface area is 146 Å². The van der Waals surface area contributed by atoms with Crippen molar-refractivity contribution in [2.45, 2.75) is 18.2 Å². The van der Waals surface area contributed by atoms with Crippen LogP contribution >= 0.6 is 11.6 Å². The van der Waals surface area contributed by atoms with Gasteiger partial charge in [0.1, 0.15) is 0 Å². The van der Waals surface area contributed by atoms with Crippen LogP contribution in [-0.2, 0) is 25.3 Å². The second kappa shape index (κ2) is 8.28. The van der Waals surface area contributed by atoms with Gasteiger partial charge in [-0.15, -0.1) is 0 Å². The van der Waals surface area contributed by atoms with Gasteiger partial charge in [-0.05, 0) is 17.2 Å². The second-order valence-electron chi connectivity index (χ2n) is 5.22. The van der Waals surface area contributed by atoms with E-state index in [4.69, 9.17) is 11.6 Å². The summed E-state index contributed by atoms with van der Waals surface area (Å²) in [6.07, 6.45) is -0.145. The molecule has 0 radical (unpaired) electrons. The van der Waals surface area contributed by atoms with E-state index in [0.29, 0.717) is 16.1 Å². The molecule has 0 aliphatic rings. The maximum Gasteiger partial charge on any atom is 0.307 e. The highest BCUT2D eigenvalue weighted by Crippen LogP contribution is 2.26. The average molecular weight is 368 g/mol. The van der Waals surface area contributed by atoms with E-state index in [1.54, 1.807) is 48.5 Å². The van der Waals surface area contributed by atoms with Gasteiger partial charge in [-0.1, -0.05) is 60.1 Å². The molecule has 0 aliphatic carbocycles.